The van der Waals surface area contributed by atoms with Crippen LogP contribution in [-0.2, 0) is 22.3 Å². The van der Waals surface area contributed by atoms with Crippen LogP contribution < -0.4 is 10.1 Å². The van der Waals surface area contributed by atoms with E-state index >= 15 is 0 Å². The molecule has 0 spiro atoms. The number of carboxylic acids is 1. The molecule has 4 N–H and O–H groups in total. The monoisotopic (exact) mass is 278 g/mol. The summed E-state index contributed by atoms with van der Waals surface area (Å²) in [6.07, 6.45) is -0.734. The summed E-state index contributed by atoms with van der Waals surface area (Å²) in [6.45, 7) is 0.179. The number of carboxylic acid groups (broad SMARTS) is 1. The molecule has 1 aromatic heterocycles. The lowest BCUT2D eigenvalue weighted by Gasteiger charge is -2.18. The number of nitrogens with zero attached hydrogens (tertiary/aromatic N) is 1. The number of ether oxygens (including phenoxy) is 1. The Morgan fingerprint density at radius 1 is 1.61 bits per heavy atom. The third-order valence-electron chi connectivity index (χ3n) is 2.42. The Morgan fingerprint density at radius 2 is 2.33 bits per heavy atom. The molecule has 0 saturated carbocycles. The van der Waals surface area contributed by atoms with Crippen molar-refractivity contribution < 1.29 is 33.5 Å². The minimum Gasteiger partial charge on any atom is -0.480 e. The largest absolute Gasteiger partial charge is 0.480 e. The molecule has 0 aromatic carbocycles. The lowest BCUT2D eigenvalue weighted by Crippen LogP contribution is -2.41. The molecule has 18 heavy (non-hydrogen) atoms. The number of aliphatic carboxylic acids is 1. The fourth-order valence-corrected chi connectivity index (χ4v) is 1.88. The van der Waals surface area contributed by atoms with Crippen molar-refractivity contribution in [1.82, 2.24) is 10.5 Å². The molecule has 1 aliphatic heterocycles. The van der Waals surface area contributed by atoms with Crippen molar-refractivity contribution in [2.24, 2.45) is 0 Å². The van der Waals surface area contributed by atoms with Gasteiger partial charge in [0.05, 0.1) is 12.1 Å². The van der Waals surface area contributed by atoms with Crippen LogP contribution in [0.3, 0.4) is 0 Å². The Kier molecular flexibility index (Phi) is 3.40. The van der Waals surface area contributed by atoms with Crippen molar-refractivity contribution in [1.29, 1.82) is 0 Å². The molecule has 0 fully saturated rings. The van der Waals surface area contributed by atoms with Crippen molar-refractivity contribution in [3.63, 3.8) is 0 Å². The molecular weight excluding hydrogens is 267 g/mol. The predicted molar refractivity (Wildman–Crippen MR) is 56.0 cm³/mol. The van der Waals surface area contributed by atoms with E-state index in [1.165, 1.54) is 0 Å². The second kappa shape index (κ2) is 4.69. The molecule has 2 heterocycles. The van der Waals surface area contributed by atoms with E-state index in [4.69, 9.17) is 24.2 Å². The van der Waals surface area contributed by atoms with Crippen LogP contribution in [0.1, 0.15) is 11.3 Å². The first-order valence-corrected chi connectivity index (χ1v) is 6.77. The average molecular weight is 278 g/mol. The Bertz CT molecular complexity index is 508. The third kappa shape index (κ3) is 2.88. The minimum atomic E-state index is -4.31. The number of fused-ring (bicyclic) bond motifs is 1. The first-order chi connectivity index (χ1) is 8.37. The first kappa shape index (κ1) is 13.0. The fraction of sp³-hybridized carbons (Fsp3) is 0.500. The Balaban J connectivity index is 2.13. The van der Waals surface area contributed by atoms with E-state index in [-0.39, 0.29) is 18.8 Å². The highest BCUT2D eigenvalue weighted by atomic mass is 31.2. The van der Waals surface area contributed by atoms with Gasteiger partial charge in [-0.05, 0) is 5.16 Å². The summed E-state index contributed by atoms with van der Waals surface area (Å²) >= 11 is 0. The summed E-state index contributed by atoms with van der Waals surface area (Å²) < 4.78 is 20.4. The average Bonchev–Trinajstić information content (AvgIpc) is 2.67. The summed E-state index contributed by atoms with van der Waals surface area (Å²) in [5, 5.41) is 15.1. The summed E-state index contributed by atoms with van der Waals surface area (Å²) in [7, 11) is -4.31. The number of carbonyl (C=O) groups is 1. The van der Waals surface area contributed by atoms with E-state index < -0.39 is 26.0 Å². The fourth-order valence-electron chi connectivity index (χ4n) is 1.59. The third-order valence-corrected chi connectivity index (χ3v) is 2.88. The molecule has 1 aliphatic rings. The van der Waals surface area contributed by atoms with Crippen LogP contribution in [-0.4, -0.2) is 38.4 Å². The van der Waals surface area contributed by atoms with Gasteiger partial charge in [0.1, 0.15) is 6.04 Å². The second-order valence-corrected chi connectivity index (χ2v) is 5.39. The van der Waals surface area contributed by atoms with Crippen molar-refractivity contribution in [2.45, 2.75) is 19.0 Å². The van der Waals surface area contributed by atoms with Gasteiger partial charge < -0.3 is 24.2 Å². The number of rotatable bonds is 4. The molecule has 2 rings (SSSR count). The van der Waals surface area contributed by atoms with Crippen LogP contribution in [0, 0.1) is 0 Å². The van der Waals surface area contributed by atoms with E-state index in [0.29, 0.717) is 11.3 Å². The number of aromatic nitrogens is 1. The van der Waals surface area contributed by atoms with Crippen LogP contribution in [0.25, 0.3) is 0 Å². The summed E-state index contributed by atoms with van der Waals surface area (Å²) in [5.74, 6) is -0.683. The molecule has 0 bridgehead atoms. The highest BCUT2D eigenvalue weighted by molar-refractivity contribution is 7.51. The van der Waals surface area contributed by atoms with Crippen molar-refractivity contribution in [3.05, 3.63) is 11.3 Å². The molecular formula is C8H11N2O7P. The Labute approximate surface area is 101 Å². The lowest BCUT2D eigenvalue weighted by molar-refractivity contribution is -0.139. The minimum absolute atomic E-state index is 0.0684. The van der Waals surface area contributed by atoms with Gasteiger partial charge in [-0.25, -0.2) is 0 Å². The maximum atomic E-state index is 10.8. The Hall–Kier alpha value is -1.41. The predicted octanol–water partition coefficient (Wildman–Crippen LogP) is -0.713. The first-order valence-electron chi connectivity index (χ1n) is 4.98. The smallest absolute Gasteiger partial charge is 0.362 e. The van der Waals surface area contributed by atoms with Crippen LogP contribution >= 0.6 is 7.60 Å². The highest BCUT2D eigenvalue weighted by Crippen LogP contribution is 2.36. The van der Waals surface area contributed by atoms with E-state index in [9.17, 15) is 9.36 Å². The highest BCUT2D eigenvalue weighted by Gasteiger charge is 2.30. The van der Waals surface area contributed by atoms with Crippen LogP contribution in [0.4, 0.5) is 0 Å². The lowest BCUT2D eigenvalue weighted by atomic mass is 10.0. The van der Waals surface area contributed by atoms with E-state index in [0.717, 1.165) is 0 Å². The van der Waals surface area contributed by atoms with Crippen LogP contribution in [0.2, 0.25) is 0 Å². The van der Waals surface area contributed by atoms with Gasteiger partial charge in [0, 0.05) is 6.42 Å². The van der Waals surface area contributed by atoms with Gasteiger partial charge in [0.15, 0.2) is 12.1 Å². The van der Waals surface area contributed by atoms with Crippen molar-refractivity contribution in [3.8, 4) is 5.88 Å². The van der Waals surface area contributed by atoms with Gasteiger partial charge in [-0.3, -0.25) is 14.7 Å². The van der Waals surface area contributed by atoms with Crippen LogP contribution in [0.5, 0.6) is 5.88 Å². The topological polar surface area (TPSA) is 142 Å². The normalized spacial score (nSPS) is 19.3. The second-order valence-electron chi connectivity index (χ2n) is 3.80. The molecule has 10 heteroatoms. The molecule has 1 unspecified atom stereocenters. The molecule has 0 saturated heterocycles. The van der Waals surface area contributed by atoms with E-state index in [1.54, 1.807) is 0 Å². The summed E-state index contributed by atoms with van der Waals surface area (Å²) in [4.78, 5) is 28.2. The molecule has 100 valence electrons. The molecule has 9 nitrogen and oxygen atoms in total. The maximum Gasteiger partial charge on any atom is 0.362 e. The number of nitrogens with one attached hydrogen (secondary N) is 1. The molecule has 0 amide bonds. The zero-order chi connectivity index (χ0) is 13.3. The van der Waals surface area contributed by atoms with Gasteiger partial charge in [-0.1, -0.05) is 0 Å². The summed E-state index contributed by atoms with van der Waals surface area (Å²) in [6, 6.07) is -0.797. The SMILES string of the molecule is O=C(O)C1Cc2c(OCP(=O)(O)O)noc2CN1. The van der Waals surface area contributed by atoms with Gasteiger partial charge in [-0.15, -0.1) is 0 Å². The summed E-state index contributed by atoms with van der Waals surface area (Å²) in [5.41, 5.74) is 0.426. The van der Waals surface area contributed by atoms with E-state index in [1.807, 2.05) is 0 Å². The molecule has 1 aromatic rings. The number of hydrogen-bond acceptors (Lipinski definition) is 6. The van der Waals surface area contributed by atoms with Crippen molar-refractivity contribution >= 4 is 13.6 Å². The van der Waals surface area contributed by atoms with Gasteiger partial charge in [0.25, 0.3) is 5.88 Å². The standard InChI is InChI=1S/C8H11N2O7P/c11-8(12)5-1-4-6(2-9-5)17-10-7(4)16-3-18(13,14)15/h5,9H,1-3H2,(H,11,12)(H2,13,14,15). The Morgan fingerprint density at radius 3 is 2.94 bits per heavy atom. The van der Waals surface area contributed by atoms with Gasteiger partial charge in [-0.2, -0.15) is 0 Å². The number of hydrogen-bond donors (Lipinski definition) is 4. The molecule has 0 radical (unpaired) electrons. The molecule has 0 aliphatic carbocycles. The van der Waals surface area contributed by atoms with Gasteiger partial charge >= 0.3 is 13.6 Å². The van der Waals surface area contributed by atoms with Crippen molar-refractivity contribution in [2.75, 3.05) is 6.35 Å². The zero-order valence-corrected chi connectivity index (χ0v) is 9.96. The zero-order valence-electron chi connectivity index (χ0n) is 9.07. The molecule has 1 atom stereocenters. The maximum absolute atomic E-state index is 10.8. The van der Waals surface area contributed by atoms with Crippen LogP contribution in [0.15, 0.2) is 4.52 Å². The van der Waals surface area contributed by atoms with Gasteiger partial charge in [0.2, 0.25) is 0 Å². The quantitative estimate of drug-likeness (QED) is 0.525. The van der Waals surface area contributed by atoms with E-state index in [2.05, 4.69) is 10.5 Å².